The largest absolute Gasteiger partial charge is 0.392 e. The number of ether oxygens (including phenoxy) is 1. The van der Waals surface area contributed by atoms with Crippen LogP contribution in [0.2, 0.25) is 0 Å². The van der Waals surface area contributed by atoms with Crippen LogP contribution in [0.15, 0.2) is 5.03 Å². The van der Waals surface area contributed by atoms with Crippen LogP contribution in [0.3, 0.4) is 0 Å². The van der Waals surface area contributed by atoms with E-state index in [1.54, 1.807) is 6.92 Å². The van der Waals surface area contributed by atoms with Gasteiger partial charge < -0.3 is 9.84 Å². The molecule has 0 radical (unpaired) electrons. The van der Waals surface area contributed by atoms with Crippen LogP contribution >= 0.6 is 0 Å². The highest BCUT2D eigenvalue weighted by Crippen LogP contribution is 2.27. The van der Waals surface area contributed by atoms with Crippen molar-refractivity contribution in [2.24, 2.45) is 0 Å². The molecule has 1 atom stereocenters. The average Bonchev–Trinajstić information content (AvgIpc) is 2.68. The molecule has 1 saturated heterocycles. The predicted octanol–water partition coefficient (Wildman–Crippen LogP) is 0.398. The summed E-state index contributed by atoms with van der Waals surface area (Å²) in [5.74, 6) is 0. The maximum absolute atomic E-state index is 12.7. The van der Waals surface area contributed by atoms with Crippen LogP contribution < -0.4 is 0 Å². The number of aryl methyl sites for hydroxylation is 1. The summed E-state index contributed by atoms with van der Waals surface area (Å²) >= 11 is 0. The van der Waals surface area contributed by atoms with Gasteiger partial charge in [-0.25, -0.2) is 8.42 Å². The van der Waals surface area contributed by atoms with E-state index in [4.69, 9.17) is 4.74 Å². The Morgan fingerprint density at radius 3 is 2.75 bits per heavy atom. The van der Waals surface area contributed by atoms with E-state index in [0.29, 0.717) is 11.3 Å². The minimum atomic E-state index is -3.74. The molecule has 0 aromatic carbocycles. The Morgan fingerprint density at radius 1 is 1.55 bits per heavy atom. The van der Waals surface area contributed by atoms with E-state index in [0.717, 1.165) is 0 Å². The highest BCUT2D eigenvalue weighted by molar-refractivity contribution is 7.89. The number of H-pyrrole nitrogens is 1. The minimum Gasteiger partial charge on any atom is -0.392 e. The zero-order chi connectivity index (χ0) is 15.1. The van der Waals surface area contributed by atoms with Crippen LogP contribution in [0.25, 0.3) is 0 Å². The van der Waals surface area contributed by atoms with Gasteiger partial charge >= 0.3 is 0 Å². The molecule has 2 N–H and O–H groups in total. The molecule has 20 heavy (non-hydrogen) atoms. The molecule has 0 bridgehead atoms. The molecule has 1 unspecified atom stereocenters. The normalized spacial score (nSPS) is 23.9. The summed E-state index contributed by atoms with van der Waals surface area (Å²) in [4.78, 5) is 0. The van der Waals surface area contributed by atoms with Gasteiger partial charge in [-0.15, -0.1) is 0 Å². The topological polar surface area (TPSA) is 95.5 Å². The third-order valence-electron chi connectivity index (χ3n) is 3.32. The first-order valence-electron chi connectivity index (χ1n) is 6.50. The van der Waals surface area contributed by atoms with E-state index in [1.165, 1.54) is 4.31 Å². The molecule has 0 aliphatic carbocycles. The lowest BCUT2D eigenvalue weighted by Gasteiger charge is -2.40. The number of aromatic nitrogens is 2. The van der Waals surface area contributed by atoms with Crippen molar-refractivity contribution in [3.05, 3.63) is 11.3 Å². The van der Waals surface area contributed by atoms with Gasteiger partial charge in [0.25, 0.3) is 10.0 Å². The van der Waals surface area contributed by atoms with Crippen molar-refractivity contribution >= 4 is 10.0 Å². The number of aliphatic hydroxyl groups is 1. The lowest BCUT2D eigenvalue weighted by atomic mass is 10.1. The van der Waals surface area contributed by atoms with Crippen molar-refractivity contribution in [2.75, 3.05) is 13.1 Å². The van der Waals surface area contributed by atoms with Crippen LogP contribution in [-0.4, -0.2) is 52.8 Å². The molecular formula is C12H21N3O4S. The van der Waals surface area contributed by atoms with Crippen molar-refractivity contribution in [2.45, 2.75) is 51.0 Å². The van der Waals surface area contributed by atoms with Gasteiger partial charge in [0.2, 0.25) is 0 Å². The minimum absolute atomic E-state index is 0.0950. The summed E-state index contributed by atoms with van der Waals surface area (Å²) < 4.78 is 32.5. The SMILES string of the molecule is Cc1[nH]nc(S(=O)(=O)N2CC(C)OC(C)(C)C2)c1CO. The number of aliphatic hydroxyl groups excluding tert-OH is 1. The van der Waals surface area contributed by atoms with E-state index in [2.05, 4.69) is 10.2 Å². The fourth-order valence-corrected chi connectivity index (χ4v) is 4.35. The Balaban J connectivity index is 2.39. The second-order valence-electron chi connectivity index (χ2n) is 5.78. The van der Waals surface area contributed by atoms with E-state index >= 15 is 0 Å². The molecule has 7 nitrogen and oxygen atoms in total. The van der Waals surface area contributed by atoms with Crippen LogP contribution in [-0.2, 0) is 21.4 Å². The Hall–Kier alpha value is -0.960. The lowest BCUT2D eigenvalue weighted by Crippen LogP contribution is -2.53. The van der Waals surface area contributed by atoms with Crippen LogP contribution in [0.1, 0.15) is 32.0 Å². The molecule has 1 aliphatic rings. The van der Waals surface area contributed by atoms with Crippen molar-refractivity contribution in [3.8, 4) is 0 Å². The predicted molar refractivity (Wildman–Crippen MR) is 72.6 cm³/mol. The van der Waals surface area contributed by atoms with E-state index in [9.17, 15) is 13.5 Å². The van der Waals surface area contributed by atoms with Gasteiger partial charge in [0, 0.05) is 24.3 Å². The lowest BCUT2D eigenvalue weighted by molar-refractivity contribution is -0.109. The number of aromatic amines is 1. The third-order valence-corrected chi connectivity index (χ3v) is 5.10. The molecule has 0 saturated carbocycles. The second kappa shape index (κ2) is 5.10. The number of nitrogens with one attached hydrogen (secondary N) is 1. The fraction of sp³-hybridized carbons (Fsp3) is 0.750. The monoisotopic (exact) mass is 303 g/mol. The molecule has 8 heteroatoms. The highest BCUT2D eigenvalue weighted by Gasteiger charge is 2.39. The summed E-state index contributed by atoms with van der Waals surface area (Å²) in [6.07, 6.45) is -0.189. The highest BCUT2D eigenvalue weighted by atomic mass is 32.2. The number of sulfonamides is 1. The molecular weight excluding hydrogens is 282 g/mol. The Morgan fingerprint density at radius 2 is 2.20 bits per heavy atom. The first-order chi connectivity index (χ1) is 9.17. The first kappa shape index (κ1) is 15.4. The summed E-state index contributed by atoms with van der Waals surface area (Å²) in [5, 5.41) is 15.7. The van der Waals surface area contributed by atoms with Crippen molar-refractivity contribution < 1.29 is 18.3 Å². The van der Waals surface area contributed by atoms with Crippen LogP contribution in [0.4, 0.5) is 0 Å². The van der Waals surface area contributed by atoms with E-state index < -0.39 is 15.6 Å². The number of nitrogens with zero attached hydrogens (tertiary/aromatic N) is 2. The summed E-state index contributed by atoms with van der Waals surface area (Å²) in [6.45, 7) is 7.41. The molecule has 1 fully saturated rings. The first-order valence-corrected chi connectivity index (χ1v) is 7.94. The van der Waals surface area contributed by atoms with Gasteiger partial charge in [-0.3, -0.25) is 5.10 Å². The van der Waals surface area contributed by atoms with Gasteiger partial charge in [-0.05, 0) is 27.7 Å². The zero-order valence-electron chi connectivity index (χ0n) is 12.2. The van der Waals surface area contributed by atoms with Gasteiger partial charge in [0.15, 0.2) is 5.03 Å². The smallest absolute Gasteiger partial charge is 0.262 e. The van der Waals surface area contributed by atoms with Crippen LogP contribution in [0.5, 0.6) is 0 Å². The third kappa shape index (κ3) is 2.73. The van der Waals surface area contributed by atoms with Gasteiger partial charge in [-0.2, -0.15) is 9.40 Å². The number of hydrogen-bond acceptors (Lipinski definition) is 5. The summed E-state index contributed by atoms with van der Waals surface area (Å²) in [5.41, 5.74) is 0.337. The molecule has 0 amide bonds. The maximum Gasteiger partial charge on any atom is 0.262 e. The van der Waals surface area contributed by atoms with E-state index in [1.807, 2.05) is 20.8 Å². The summed E-state index contributed by atoms with van der Waals surface area (Å²) in [6, 6.07) is 0. The Kier molecular flexibility index (Phi) is 3.94. The van der Waals surface area contributed by atoms with Crippen molar-refractivity contribution in [1.29, 1.82) is 0 Å². The fourth-order valence-electron chi connectivity index (χ4n) is 2.53. The molecule has 1 aromatic heterocycles. The number of hydrogen-bond donors (Lipinski definition) is 2. The van der Waals surface area contributed by atoms with Crippen LogP contribution in [0, 0.1) is 6.92 Å². The van der Waals surface area contributed by atoms with Crippen molar-refractivity contribution in [1.82, 2.24) is 14.5 Å². The van der Waals surface area contributed by atoms with Gasteiger partial charge in [0.05, 0.1) is 18.3 Å². The maximum atomic E-state index is 12.7. The standard InChI is InChI=1S/C12H21N3O4S/c1-8-5-15(7-12(3,4)19-8)20(17,18)11-10(6-16)9(2)13-14-11/h8,16H,5-7H2,1-4H3,(H,13,14). The molecule has 1 aliphatic heterocycles. The molecule has 114 valence electrons. The average molecular weight is 303 g/mol. The van der Waals surface area contributed by atoms with Gasteiger partial charge in [-0.1, -0.05) is 0 Å². The molecule has 2 rings (SSSR count). The molecule has 2 heterocycles. The molecule has 1 aromatic rings. The number of morpholine rings is 1. The second-order valence-corrected chi connectivity index (χ2v) is 7.63. The zero-order valence-corrected chi connectivity index (χ0v) is 13.0. The Bertz CT molecular complexity index is 594. The number of rotatable bonds is 3. The summed E-state index contributed by atoms with van der Waals surface area (Å²) in [7, 11) is -3.74. The quantitative estimate of drug-likeness (QED) is 0.842. The van der Waals surface area contributed by atoms with E-state index in [-0.39, 0.29) is 30.8 Å². The Labute approximate surface area is 119 Å². The van der Waals surface area contributed by atoms with Gasteiger partial charge in [0.1, 0.15) is 0 Å². The van der Waals surface area contributed by atoms with Crippen molar-refractivity contribution in [3.63, 3.8) is 0 Å². The molecule has 0 spiro atoms.